The molecule has 0 aromatic heterocycles. The molecule has 4 rings (SSSR count). The van der Waals surface area contributed by atoms with Crippen LogP contribution in [0.15, 0.2) is 76.6 Å². The van der Waals surface area contributed by atoms with Crippen LogP contribution in [0.5, 0.6) is 5.75 Å². The molecule has 0 aliphatic carbocycles. The van der Waals surface area contributed by atoms with E-state index in [1.807, 2.05) is 31.2 Å². The van der Waals surface area contributed by atoms with E-state index in [1.54, 1.807) is 41.3 Å². The molecule has 0 bridgehead atoms. The quantitative estimate of drug-likeness (QED) is 0.347. The van der Waals surface area contributed by atoms with Crippen LogP contribution in [0.3, 0.4) is 0 Å². The van der Waals surface area contributed by atoms with Gasteiger partial charge in [-0.3, -0.25) is 19.4 Å². The number of carbonyl (C=O) groups excluding carboxylic acids is 1. The van der Waals surface area contributed by atoms with E-state index in [9.17, 15) is 13.2 Å². The summed E-state index contributed by atoms with van der Waals surface area (Å²) in [6.07, 6.45) is 3.57. The Hall–Kier alpha value is -3.66. The van der Waals surface area contributed by atoms with Crippen LogP contribution >= 0.6 is 11.6 Å². The third-order valence-corrected chi connectivity index (χ3v) is 8.11. The minimum atomic E-state index is -3.99. The third-order valence-electron chi connectivity index (χ3n) is 6.46. The van der Waals surface area contributed by atoms with Crippen LogP contribution in [0.1, 0.15) is 28.4 Å². The molecule has 0 radical (unpaired) electrons. The molecule has 1 fully saturated rings. The number of nitrogens with zero attached hydrogens (tertiary/aromatic N) is 3. The van der Waals surface area contributed by atoms with Gasteiger partial charge in [0.1, 0.15) is 10.6 Å². The zero-order chi connectivity index (χ0) is 28.0. The lowest BCUT2D eigenvalue weighted by atomic mass is 10.1. The Labute approximate surface area is 234 Å². The molecule has 3 aromatic rings. The Bertz CT molecular complexity index is 1500. The van der Waals surface area contributed by atoms with Gasteiger partial charge < -0.3 is 9.64 Å². The summed E-state index contributed by atoms with van der Waals surface area (Å²) in [5.41, 5.74) is 2.66. The molecule has 10 heteroatoms. The number of hydrogen-bond donors (Lipinski definition) is 1. The number of ether oxygens (including phenoxy) is 1. The fraction of sp³-hybridized carbons (Fsp3) is 0.241. The Morgan fingerprint density at radius 1 is 1.10 bits per heavy atom. The van der Waals surface area contributed by atoms with E-state index in [-0.39, 0.29) is 27.9 Å². The number of nitrogens with one attached hydrogen (secondary N) is 1. The van der Waals surface area contributed by atoms with Gasteiger partial charge in [-0.05, 0) is 49.5 Å². The van der Waals surface area contributed by atoms with Crippen molar-refractivity contribution in [3.05, 3.63) is 88.5 Å². The maximum absolute atomic E-state index is 13.3. The van der Waals surface area contributed by atoms with Crippen molar-refractivity contribution in [2.75, 3.05) is 38.0 Å². The van der Waals surface area contributed by atoms with Crippen LogP contribution in [-0.2, 0) is 16.6 Å². The largest absolute Gasteiger partial charge is 0.496 e. The van der Waals surface area contributed by atoms with Gasteiger partial charge in [0.25, 0.3) is 15.9 Å². The maximum Gasteiger partial charge on any atom is 0.264 e. The molecule has 204 valence electrons. The molecule has 3 aromatic carbocycles. The molecule has 1 aliphatic rings. The number of hydrogen-bond acceptors (Lipinski definition) is 6. The molecule has 0 unspecified atom stereocenters. The Kier molecular flexibility index (Phi) is 9.06. The molecule has 8 nitrogen and oxygen atoms in total. The van der Waals surface area contributed by atoms with E-state index in [0.29, 0.717) is 29.2 Å². The molecule has 0 atom stereocenters. The van der Waals surface area contributed by atoms with Gasteiger partial charge in [0.15, 0.2) is 0 Å². The summed E-state index contributed by atoms with van der Waals surface area (Å²) in [4.78, 5) is 21.3. The molecule has 1 N–H and O–H groups in total. The van der Waals surface area contributed by atoms with E-state index in [0.717, 1.165) is 25.2 Å². The molecule has 1 heterocycles. The van der Waals surface area contributed by atoms with E-state index in [4.69, 9.17) is 16.3 Å². The second-order valence-corrected chi connectivity index (χ2v) is 11.2. The van der Waals surface area contributed by atoms with E-state index in [2.05, 4.69) is 21.3 Å². The van der Waals surface area contributed by atoms with Gasteiger partial charge in [0, 0.05) is 49.4 Å². The summed E-state index contributed by atoms with van der Waals surface area (Å²) in [5.74, 6) is 0.118. The fourth-order valence-electron chi connectivity index (χ4n) is 4.55. The summed E-state index contributed by atoms with van der Waals surface area (Å²) in [5, 5.41) is 0.708. The number of carbonyl (C=O) groups is 1. The lowest BCUT2D eigenvalue weighted by molar-refractivity contribution is 0.0625. The Balaban J connectivity index is 1.47. The predicted octanol–water partition coefficient (Wildman–Crippen LogP) is 5.47. The van der Waals surface area contributed by atoms with Crippen molar-refractivity contribution in [1.82, 2.24) is 9.80 Å². The Morgan fingerprint density at radius 3 is 2.51 bits per heavy atom. The highest BCUT2D eigenvalue weighted by molar-refractivity contribution is 7.92. The highest BCUT2D eigenvalue weighted by Crippen LogP contribution is 2.32. The molecule has 0 spiro atoms. The third kappa shape index (κ3) is 6.68. The first-order valence-electron chi connectivity index (χ1n) is 12.4. The van der Waals surface area contributed by atoms with Crippen LogP contribution in [0.2, 0.25) is 5.02 Å². The average Bonchev–Trinajstić information content (AvgIpc) is 2.93. The molecular weight excluding hydrogens is 536 g/mol. The van der Waals surface area contributed by atoms with E-state index >= 15 is 0 Å². The van der Waals surface area contributed by atoms with Crippen LogP contribution in [-0.4, -0.2) is 64.1 Å². The second-order valence-electron chi connectivity index (χ2n) is 9.07. The monoisotopic (exact) mass is 566 g/mol. The zero-order valence-electron chi connectivity index (χ0n) is 21.9. The van der Waals surface area contributed by atoms with Gasteiger partial charge in [-0.15, -0.1) is 0 Å². The smallest absolute Gasteiger partial charge is 0.264 e. The van der Waals surface area contributed by atoms with Crippen molar-refractivity contribution in [1.29, 1.82) is 0 Å². The summed E-state index contributed by atoms with van der Waals surface area (Å²) in [6, 6.07) is 17.3. The number of methoxy groups -OCH3 is 1. The molecule has 1 saturated heterocycles. The number of halogens is 1. The van der Waals surface area contributed by atoms with Crippen LogP contribution in [0.25, 0.3) is 6.08 Å². The van der Waals surface area contributed by atoms with Crippen LogP contribution in [0.4, 0.5) is 11.4 Å². The Morgan fingerprint density at radius 2 is 1.85 bits per heavy atom. The number of aliphatic imine (C=N–C) groups is 1. The van der Waals surface area contributed by atoms with Gasteiger partial charge in [-0.2, -0.15) is 0 Å². The predicted molar refractivity (Wildman–Crippen MR) is 157 cm³/mol. The first-order valence-corrected chi connectivity index (χ1v) is 14.3. The second kappa shape index (κ2) is 12.5. The van der Waals surface area contributed by atoms with Crippen molar-refractivity contribution >= 4 is 51.7 Å². The highest BCUT2D eigenvalue weighted by atomic mass is 35.5. The van der Waals surface area contributed by atoms with Crippen LogP contribution in [0, 0.1) is 0 Å². The number of amides is 1. The summed E-state index contributed by atoms with van der Waals surface area (Å²) in [7, 11) is -2.54. The number of anilines is 1. The summed E-state index contributed by atoms with van der Waals surface area (Å²) < 4.78 is 34.5. The summed E-state index contributed by atoms with van der Waals surface area (Å²) >= 11 is 6.10. The number of rotatable bonds is 9. The molecule has 1 aliphatic heterocycles. The van der Waals surface area contributed by atoms with E-state index in [1.165, 1.54) is 19.2 Å². The lowest BCUT2D eigenvalue weighted by Crippen LogP contribution is -2.48. The number of benzene rings is 3. The van der Waals surface area contributed by atoms with Crippen LogP contribution < -0.4 is 9.46 Å². The molecular formula is C29H31ClN4O4S. The molecule has 39 heavy (non-hydrogen) atoms. The summed E-state index contributed by atoms with van der Waals surface area (Å²) in [6.45, 7) is 8.73. The zero-order valence-corrected chi connectivity index (χ0v) is 23.5. The number of piperazine rings is 1. The topological polar surface area (TPSA) is 91.3 Å². The van der Waals surface area contributed by atoms with Gasteiger partial charge in [-0.25, -0.2) is 8.42 Å². The lowest BCUT2D eigenvalue weighted by Gasteiger charge is -2.35. The van der Waals surface area contributed by atoms with Crippen molar-refractivity contribution < 1.29 is 17.9 Å². The van der Waals surface area contributed by atoms with Crippen molar-refractivity contribution in [2.45, 2.75) is 18.4 Å². The highest BCUT2D eigenvalue weighted by Gasteiger charge is 2.26. The normalized spacial score (nSPS) is 14.4. The van der Waals surface area contributed by atoms with Gasteiger partial charge in [-0.1, -0.05) is 48.0 Å². The fourth-order valence-corrected chi connectivity index (χ4v) is 6.01. The molecule has 0 saturated carbocycles. The maximum atomic E-state index is 13.3. The standard InChI is InChI=1S/C29H31ClN4O4S/c1-4-7-22-9-6-11-27(28(22)31-2)39(36,37)32-24-12-13-25(26(19-24)38-3)29(35)34-16-14-33(15-17-34)20-21-8-5-10-23(30)18-21/h4-13,18-19,32H,2,14-17,20H2,1,3H3/b7-4-. The SMILES string of the molecule is C=Nc1c(/C=C\C)cccc1S(=O)(=O)Nc1ccc(C(=O)N2CCN(Cc3cccc(Cl)c3)CC2)c(OC)c1. The number of sulfonamides is 1. The number of para-hydroxylation sites is 1. The first kappa shape index (κ1) is 28.4. The van der Waals surface area contributed by atoms with Crippen molar-refractivity contribution in [3.63, 3.8) is 0 Å². The van der Waals surface area contributed by atoms with Gasteiger partial charge in [0.2, 0.25) is 0 Å². The number of allylic oxidation sites excluding steroid dienone is 1. The van der Waals surface area contributed by atoms with E-state index < -0.39 is 10.0 Å². The van der Waals surface area contributed by atoms with Crippen molar-refractivity contribution in [3.8, 4) is 5.75 Å². The van der Waals surface area contributed by atoms with Gasteiger partial charge >= 0.3 is 0 Å². The first-order chi connectivity index (χ1) is 18.7. The minimum absolute atomic E-state index is 0.00265. The van der Waals surface area contributed by atoms with Crippen molar-refractivity contribution in [2.24, 2.45) is 4.99 Å². The minimum Gasteiger partial charge on any atom is -0.496 e. The molecule has 1 amide bonds. The van der Waals surface area contributed by atoms with Gasteiger partial charge in [0.05, 0.1) is 24.0 Å². The average molecular weight is 567 g/mol.